The quantitative estimate of drug-likeness (QED) is 0.747. The van der Waals surface area contributed by atoms with Crippen LogP contribution in [0.1, 0.15) is 57.0 Å². The van der Waals surface area contributed by atoms with Gasteiger partial charge in [0.2, 0.25) is 0 Å². The fraction of sp³-hybridized carbons (Fsp3) is 0.720. The van der Waals surface area contributed by atoms with E-state index in [-0.39, 0.29) is 24.9 Å². The molecule has 168 valence electrons. The Balaban J connectivity index is 1.21. The van der Waals surface area contributed by atoms with E-state index in [4.69, 9.17) is 0 Å². The van der Waals surface area contributed by atoms with Gasteiger partial charge >= 0.3 is 5.69 Å². The summed E-state index contributed by atoms with van der Waals surface area (Å²) in [5.74, 6) is 2.91. The maximum Gasteiger partial charge on any atom is 0.329 e. The van der Waals surface area contributed by atoms with E-state index >= 15 is 0 Å². The van der Waals surface area contributed by atoms with E-state index in [1.165, 1.54) is 38.6 Å². The van der Waals surface area contributed by atoms with Crippen molar-refractivity contribution in [2.75, 3.05) is 32.8 Å². The largest absolute Gasteiger partial charge is 0.394 e. The maximum atomic E-state index is 13.4. The number of aromatic nitrogens is 2. The van der Waals surface area contributed by atoms with Crippen molar-refractivity contribution in [3.05, 3.63) is 34.7 Å². The van der Waals surface area contributed by atoms with E-state index in [0.717, 1.165) is 54.7 Å². The van der Waals surface area contributed by atoms with Crippen LogP contribution < -0.4 is 5.69 Å². The molecule has 2 bridgehead atoms. The summed E-state index contributed by atoms with van der Waals surface area (Å²) >= 11 is 0. The Morgan fingerprint density at radius 1 is 1.00 bits per heavy atom. The van der Waals surface area contributed by atoms with Gasteiger partial charge in [0.15, 0.2) is 0 Å². The molecule has 2 aromatic rings. The van der Waals surface area contributed by atoms with Gasteiger partial charge in [-0.2, -0.15) is 0 Å². The fourth-order valence-electron chi connectivity index (χ4n) is 7.69. The molecule has 3 unspecified atom stereocenters. The van der Waals surface area contributed by atoms with Crippen molar-refractivity contribution in [3.63, 3.8) is 0 Å². The molecular formula is C25H35N3O3. The van der Waals surface area contributed by atoms with E-state index in [1.54, 1.807) is 4.57 Å². The minimum atomic E-state index is -0.591. The second-order valence-corrected chi connectivity index (χ2v) is 10.7. The van der Waals surface area contributed by atoms with Crippen LogP contribution in [-0.2, 0) is 0 Å². The second kappa shape index (κ2) is 7.46. The molecule has 3 aliphatic carbocycles. The Labute approximate surface area is 183 Å². The highest BCUT2D eigenvalue weighted by atomic mass is 16.3. The van der Waals surface area contributed by atoms with Crippen molar-refractivity contribution in [1.82, 2.24) is 14.0 Å². The molecule has 6 rings (SSSR count). The summed E-state index contributed by atoms with van der Waals surface area (Å²) in [6.45, 7) is 2.90. The molecule has 1 aliphatic heterocycles. The third kappa shape index (κ3) is 2.98. The first-order chi connectivity index (χ1) is 15.2. The first kappa shape index (κ1) is 20.0. The zero-order chi connectivity index (χ0) is 21.2. The molecule has 0 radical (unpaired) electrons. The summed E-state index contributed by atoms with van der Waals surface area (Å²) in [5.41, 5.74) is 2.34. The molecule has 3 atom stereocenters. The topological polar surface area (TPSA) is 70.6 Å². The zero-order valence-corrected chi connectivity index (χ0v) is 18.3. The molecule has 6 nitrogen and oxygen atoms in total. The maximum absolute atomic E-state index is 13.4. The zero-order valence-electron chi connectivity index (χ0n) is 18.3. The molecule has 2 heterocycles. The second-order valence-electron chi connectivity index (χ2n) is 10.7. The van der Waals surface area contributed by atoms with Gasteiger partial charge in [0.1, 0.15) is 0 Å². The molecule has 3 saturated carbocycles. The first-order valence-electron chi connectivity index (χ1n) is 12.3. The molecule has 31 heavy (non-hydrogen) atoms. The monoisotopic (exact) mass is 425 g/mol. The van der Waals surface area contributed by atoms with Gasteiger partial charge in [-0.3, -0.25) is 9.13 Å². The summed E-state index contributed by atoms with van der Waals surface area (Å²) in [5, 5.41) is 19.4. The van der Waals surface area contributed by atoms with E-state index in [9.17, 15) is 15.0 Å². The highest BCUT2D eigenvalue weighted by molar-refractivity contribution is 5.76. The van der Waals surface area contributed by atoms with Gasteiger partial charge in [-0.25, -0.2) is 4.79 Å². The Morgan fingerprint density at radius 2 is 1.71 bits per heavy atom. The van der Waals surface area contributed by atoms with Crippen molar-refractivity contribution < 1.29 is 10.2 Å². The number of aliphatic hydroxyl groups excluding tert-OH is 2. The first-order valence-corrected chi connectivity index (χ1v) is 12.3. The lowest BCUT2D eigenvalue weighted by molar-refractivity contribution is 0.100. The molecule has 1 spiro atoms. The number of hydrogen-bond donors (Lipinski definition) is 2. The Bertz CT molecular complexity index is 1010. The number of benzene rings is 1. The van der Waals surface area contributed by atoms with Crippen LogP contribution >= 0.6 is 0 Å². The van der Waals surface area contributed by atoms with Crippen LogP contribution in [0.25, 0.3) is 11.0 Å². The van der Waals surface area contributed by atoms with Crippen LogP contribution in [0, 0.1) is 23.2 Å². The van der Waals surface area contributed by atoms with Crippen LogP contribution in [0.3, 0.4) is 0 Å². The molecule has 1 saturated heterocycles. The van der Waals surface area contributed by atoms with Gasteiger partial charge in [-0.15, -0.1) is 0 Å². The minimum absolute atomic E-state index is 0.0993. The molecule has 4 fully saturated rings. The predicted molar refractivity (Wildman–Crippen MR) is 120 cm³/mol. The number of aliphatic hydroxyl groups is 2. The number of imidazole rings is 1. The van der Waals surface area contributed by atoms with Crippen molar-refractivity contribution in [2.24, 2.45) is 23.2 Å². The fourth-order valence-corrected chi connectivity index (χ4v) is 7.69. The average molecular weight is 426 g/mol. The summed E-state index contributed by atoms with van der Waals surface area (Å²) in [7, 11) is 0. The van der Waals surface area contributed by atoms with Crippen molar-refractivity contribution >= 4 is 11.0 Å². The SMILES string of the molecule is O=c1n(C(CO)CO)c2ccccc2n1C1CCN(CC2C3CCC(C3)C23CC3)CC1. The number of nitrogens with zero attached hydrogens (tertiary/aromatic N) is 3. The van der Waals surface area contributed by atoms with Gasteiger partial charge < -0.3 is 15.1 Å². The van der Waals surface area contributed by atoms with Crippen molar-refractivity contribution in [3.8, 4) is 0 Å². The number of piperidine rings is 1. The molecule has 1 aromatic heterocycles. The van der Waals surface area contributed by atoms with Gasteiger partial charge in [0.05, 0.1) is 30.3 Å². The molecular weight excluding hydrogens is 390 g/mol. The Kier molecular flexibility index (Phi) is 4.82. The van der Waals surface area contributed by atoms with Crippen molar-refractivity contribution in [1.29, 1.82) is 0 Å². The van der Waals surface area contributed by atoms with Crippen LogP contribution in [-0.4, -0.2) is 57.1 Å². The lowest BCUT2D eigenvalue weighted by atomic mass is 9.76. The van der Waals surface area contributed by atoms with E-state index in [1.807, 2.05) is 28.8 Å². The van der Waals surface area contributed by atoms with Gasteiger partial charge in [-0.05, 0) is 80.2 Å². The number of hydrogen-bond acceptors (Lipinski definition) is 4. The summed E-state index contributed by atoms with van der Waals surface area (Å²) in [6.07, 6.45) is 9.36. The lowest BCUT2D eigenvalue weighted by Crippen LogP contribution is -2.43. The molecule has 6 heteroatoms. The normalized spacial score (nSPS) is 30.2. The van der Waals surface area contributed by atoms with Crippen molar-refractivity contribution in [2.45, 2.75) is 57.0 Å². The average Bonchev–Trinajstić information content (AvgIpc) is 3.20. The molecule has 2 N–H and O–H groups in total. The summed E-state index contributed by atoms with van der Waals surface area (Å²) < 4.78 is 3.53. The number of rotatable bonds is 6. The third-order valence-corrected chi connectivity index (χ3v) is 9.40. The van der Waals surface area contributed by atoms with Crippen LogP contribution in [0.4, 0.5) is 0 Å². The molecule has 4 aliphatic rings. The molecule has 1 aromatic carbocycles. The highest BCUT2D eigenvalue weighted by Gasteiger charge is 2.63. The van der Waals surface area contributed by atoms with Gasteiger partial charge in [0, 0.05) is 25.7 Å². The number of fused-ring (bicyclic) bond motifs is 4. The van der Waals surface area contributed by atoms with Gasteiger partial charge in [-0.1, -0.05) is 12.1 Å². The highest BCUT2D eigenvalue weighted by Crippen LogP contribution is 2.71. The Hall–Kier alpha value is -1.63. The van der Waals surface area contributed by atoms with E-state index in [2.05, 4.69) is 4.90 Å². The lowest BCUT2D eigenvalue weighted by Gasteiger charge is -2.39. The van der Waals surface area contributed by atoms with Crippen LogP contribution in [0.2, 0.25) is 0 Å². The smallest absolute Gasteiger partial charge is 0.329 e. The minimum Gasteiger partial charge on any atom is -0.394 e. The summed E-state index contributed by atoms with van der Waals surface area (Å²) in [4.78, 5) is 16.1. The number of para-hydroxylation sites is 2. The van der Waals surface area contributed by atoms with Gasteiger partial charge in [0.25, 0.3) is 0 Å². The van der Waals surface area contributed by atoms with E-state index in [0.29, 0.717) is 5.41 Å². The van der Waals surface area contributed by atoms with Crippen LogP contribution in [0.15, 0.2) is 29.1 Å². The van der Waals surface area contributed by atoms with Crippen LogP contribution in [0.5, 0.6) is 0 Å². The third-order valence-electron chi connectivity index (χ3n) is 9.40. The van der Waals surface area contributed by atoms with E-state index < -0.39 is 6.04 Å². The predicted octanol–water partition coefficient (Wildman–Crippen LogP) is 2.79. The standard InChI is InChI=1S/C25H35N3O3/c29-15-20(16-30)28-23-4-2-1-3-22(23)27(24(28)31)19-7-11-26(12-8-19)14-21-17-5-6-18(13-17)25(21)9-10-25/h1-4,17-21,29-30H,5-16H2. The Morgan fingerprint density at radius 3 is 2.39 bits per heavy atom. The number of likely N-dealkylation sites (tertiary alicyclic amines) is 1. The summed E-state index contributed by atoms with van der Waals surface area (Å²) in [6, 6.07) is 7.39. The molecule has 0 amide bonds.